The van der Waals surface area contributed by atoms with Crippen LogP contribution in [0, 0.1) is 5.41 Å². The van der Waals surface area contributed by atoms with E-state index in [1.165, 1.54) is 64.1 Å². The smallest absolute Gasteiger partial charge is 0.0554 e. The molecule has 1 atom stereocenters. The summed E-state index contributed by atoms with van der Waals surface area (Å²) in [6.07, 6.45) is 10.0. The molecule has 7 aromatic rings. The Labute approximate surface area is 279 Å². The van der Waals surface area contributed by atoms with E-state index < -0.39 is 0 Å². The molecule has 0 fully saturated rings. The molecular weight excluding hydrogens is 587 g/mol. The lowest BCUT2D eigenvalue weighted by Crippen LogP contribution is -2.39. The van der Waals surface area contributed by atoms with Crippen LogP contribution in [0.3, 0.4) is 0 Å². The molecule has 224 valence electrons. The molecule has 0 amide bonds. The van der Waals surface area contributed by atoms with E-state index in [2.05, 4.69) is 182 Å². The van der Waals surface area contributed by atoms with E-state index in [-0.39, 0.29) is 5.41 Å². The number of nitrogens with zero attached hydrogens (tertiary/aromatic N) is 1. The number of rotatable bonds is 5. The highest BCUT2D eigenvalue weighted by molar-refractivity contribution is 7.26. The van der Waals surface area contributed by atoms with Crippen molar-refractivity contribution in [3.63, 3.8) is 0 Å². The van der Waals surface area contributed by atoms with Gasteiger partial charge in [-0.25, -0.2) is 0 Å². The number of hydrogen-bond acceptors (Lipinski definition) is 2. The molecule has 2 aliphatic rings. The zero-order valence-corrected chi connectivity index (χ0v) is 27.0. The third-order valence-electron chi connectivity index (χ3n) is 9.87. The Kier molecular flexibility index (Phi) is 6.58. The fraction of sp³-hybridized carbons (Fsp3) is 0.0667. The summed E-state index contributed by atoms with van der Waals surface area (Å²) in [7, 11) is 0. The molecule has 1 nitrogen and oxygen atoms in total. The SMILES string of the molecule is CC12C=CC=CC1=c1ccccc1=C(c1ccc(N(c3ccc(-c4ccccc4)cc3)c3cccc4sc5ccccc5c34)cc1)C2. The molecule has 1 unspecified atom stereocenters. The molecule has 0 saturated heterocycles. The summed E-state index contributed by atoms with van der Waals surface area (Å²) in [4.78, 5) is 2.43. The van der Waals surface area contributed by atoms with Gasteiger partial charge in [0, 0.05) is 37.0 Å². The van der Waals surface area contributed by atoms with Gasteiger partial charge in [0.25, 0.3) is 0 Å². The molecule has 47 heavy (non-hydrogen) atoms. The van der Waals surface area contributed by atoms with Crippen LogP contribution >= 0.6 is 11.3 Å². The second-order valence-electron chi connectivity index (χ2n) is 12.8. The minimum atomic E-state index is -0.0146. The van der Waals surface area contributed by atoms with E-state index in [1.807, 2.05) is 11.3 Å². The predicted octanol–water partition coefficient (Wildman–Crippen LogP) is 11.1. The topological polar surface area (TPSA) is 3.24 Å². The molecule has 0 radical (unpaired) electrons. The van der Waals surface area contributed by atoms with E-state index in [0.717, 1.165) is 17.8 Å². The Morgan fingerprint density at radius 1 is 0.553 bits per heavy atom. The first-order valence-electron chi connectivity index (χ1n) is 16.3. The van der Waals surface area contributed by atoms with Crippen LogP contribution in [0.2, 0.25) is 0 Å². The zero-order chi connectivity index (χ0) is 31.4. The van der Waals surface area contributed by atoms with E-state index >= 15 is 0 Å². The first-order valence-corrected chi connectivity index (χ1v) is 17.1. The minimum Gasteiger partial charge on any atom is -0.310 e. The largest absolute Gasteiger partial charge is 0.310 e. The predicted molar refractivity (Wildman–Crippen MR) is 202 cm³/mol. The molecule has 6 aromatic carbocycles. The number of thiophene rings is 1. The third-order valence-corrected chi connectivity index (χ3v) is 11.0. The molecule has 1 aromatic heterocycles. The van der Waals surface area contributed by atoms with Crippen LogP contribution in [-0.2, 0) is 0 Å². The van der Waals surface area contributed by atoms with Crippen LogP contribution in [0.1, 0.15) is 18.9 Å². The van der Waals surface area contributed by atoms with E-state index in [9.17, 15) is 0 Å². The van der Waals surface area contributed by atoms with Crippen molar-refractivity contribution in [3.05, 3.63) is 186 Å². The summed E-state index contributed by atoms with van der Waals surface area (Å²) >= 11 is 1.86. The number of fused-ring (bicyclic) bond motifs is 5. The van der Waals surface area contributed by atoms with Crippen molar-refractivity contribution >= 4 is 59.7 Å². The van der Waals surface area contributed by atoms with Gasteiger partial charge >= 0.3 is 0 Å². The fourth-order valence-electron chi connectivity index (χ4n) is 7.57. The van der Waals surface area contributed by atoms with Crippen molar-refractivity contribution < 1.29 is 0 Å². The molecule has 2 aliphatic carbocycles. The molecule has 9 rings (SSSR count). The van der Waals surface area contributed by atoms with Crippen LogP contribution in [0.5, 0.6) is 0 Å². The highest BCUT2D eigenvalue weighted by Crippen LogP contribution is 2.46. The molecule has 0 N–H and O–H groups in total. The van der Waals surface area contributed by atoms with E-state index in [0.29, 0.717) is 0 Å². The maximum atomic E-state index is 2.43. The molecule has 2 heteroatoms. The van der Waals surface area contributed by atoms with Crippen molar-refractivity contribution in [3.8, 4) is 11.1 Å². The Hall–Kier alpha value is -5.44. The highest BCUT2D eigenvalue weighted by atomic mass is 32.1. The van der Waals surface area contributed by atoms with Crippen molar-refractivity contribution in [2.45, 2.75) is 13.3 Å². The Bertz CT molecular complexity index is 2480. The lowest BCUT2D eigenvalue weighted by atomic mass is 9.69. The van der Waals surface area contributed by atoms with Gasteiger partial charge in [-0.3, -0.25) is 0 Å². The van der Waals surface area contributed by atoms with Gasteiger partial charge in [-0.1, -0.05) is 134 Å². The van der Waals surface area contributed by atoms with E-state index in [4.69, 9.17) is 0 Å². The van der Waals surface area contributed by atoms with Gasteiger partial charge in [0.2, 0.25) is 0 Å². The molecular formula is C45H33NS. The van der Waals surface area contributed by atoms with Crippen LogP contribution in [0.25, 0.3) is 42.4 Å². The maximum Gasteiger partial charge on any atom is 0.0554 e. The monoisotopic (exact) mass is 619 g/mol. The number of benzene rings is 6. The maximum absolute atomic E-state index is 2.43. The Morgan fingerprint density at radius 2 is 1.19 bits per heavy atom. The highest BCUT2D eigenvalue weighted by Gasteiger charge is 2.31. The van der Waals surface area contributed by atoms with Gasteiger partial charge in [-0.15, -0.1) is 11.3 Å². The van der Waals surface area contributed by atoms with Gasteiger partial charge in [0.15, 0.2) is 0 Å². The summed E-state index contributed by atoms with van der Waals surface area (Å²) in [5.41, 5.74) is 10.0. The fourth-order valence-corrected chi connectivity index (χ4v) is 8.69. The van der Waals surface area contributed by atoms with Crippen LogP contribution in [0.4, 0.5) is 17.1 Å². The normalized spacial score (nSPS) is 16.8. The number of anilines is 3. The minimum absolute atomic E-state index is 0.0146. The summed E-state index contributed by atoms with van der Waals surface area (Å²) in [6, 6.07) is 53.3. The third kappa shape index (κ3) is 4.68. The lowest BCUT2D eigenvalue weighted by molar-refractivity contribution is 0.582. The van der Waals surface area contributed by atoms with Crippen LogP contribution in [0.15, 0.2) is 170 Å². The second kappa shape index (κ2) is 11.1. The second-order valence-corrected chi connectivity index (χ2v) is 13.9. The molecule has 0 saturated carbocycles. The number of allylic oxidation sites excluding steroid dienone is 4. The molecule has 0 aliphatic heterocycles. The van der Waals surface area contributed by atoms with Crippen LogP contribution < -0.4 is 15.3 Å². The first-order chi connectivity index (χ1) is 23.2. The summed E-state index contributed by atoms with van der Waals surface area (Å²) in [5.74, 6) is 0. The van der Waals surface area contributed by atoms with Gasteiger partial charge in [-0.05, 0) is 87.2 Å². The molecule has 0 bridgehead atoms. The number of hydrogen-bond donors (Lipinski definition) is 0. The van der Waals surface area contributed by atoms with Crippen molar-refractivity contribution in [2.24, 2.45) is 5.41 Å². The Morgan fingerprint density at radius 3 is 1.98 bits per heavy atom. The summed E-state index contributed by atoms with van der Waals surface area (Å²) in [6.45, 7) is 2.37. The van der Waals surface area contributed by atoms with Gasteiger partial charge in [0.1, 0.15) is 0 Å². The summed E-state index contributed by atoms with van der Waals surface area (Å²) in [5, 5.41) is 5.29. The lowest BCUT2D eigenvalue weighted by Gasteiger charge is -2.34. The molecule has 1 heterocycles. The average Bonchev–Trinajstić information content (AvgIpc) is 3.52. The standard InChI is InChI=1S/C45H33NS/c1-45-29-10-9-17-40(45)37-15-6-5-14-36(37)39(30-45)33-23-27-35(28-24-33)46(34-25-21-32(22-26-34)31-12-3-2-4-13-31)41-18-11-20-43-44(41)38-16-7-8-19-42(38)47-43/h2-29H,30H2,1H3. The van der Waals surface area contributed by atoms with Gasteiger partial charge < -0.3 is 4.90 Å². The van der Waals surface area contributed by atoms with Crippen molar-refractivity contribution in [1.82, 2.24) is 0 Å². The van der Waals surface area contributed by atoms with Crippen molar-refractivity contribution in [2.75, 3.05) is 4.90 Å². The van der Waals surface area contributed by atoms with Gasteiger partial charge in [0.05, 0.1) is 5.69 Å². The quantitative estimate of drug-likeness (QED) is 0.185. The molecule has 0 spiro atoms. The van der Waals surface area contributed by atoms with Gasteiger partial charge in [-0.2, -0.15) is 0 Å². The van der Waals surface area contributed by atoms with Crippen molar-refractivity contribution in [1.29, 1.82) is 0 Å². The first kappa shape index (κ1) is 27.8. The van der Waals surface area contributed by atoms with E-state index in [1.54, 1.807) is 0 Å². The summed E-state index contributed by atoms with van der Waals surface area (Å²) < 4.78 is 2.61. The van der Waals surface area contributed by atoms with Crippen LogP contribution in [-0.4, -0.2) is 0 Å². The zero-order valence-electron chi connectivity index (χ0n) is 26.2. The average molecular weight is 620 g/mol. The Balaban J connectivity index is 1.21.